The zero-order chi connectivity index (χ0) is 22.4. The van der Waals surface area contributed by atoms with Crippen molar-refractivity contribution in [1.29, 1.82) is 0 Å². The second-order valence-corrected chi connectivity index (χ2v) is 10.3. The average Bonchev–Trinajstić information content (AvgIpc) is 3.35. The van der Waals surface area contributed by atoms with Gasteiger partial charge in [-0.3, -0.25) is 0 Å². The van der Waals surface area contributed by atoms with Crippen molar-refractivity contribution in [2.24, 2.45) is 5.92 Å². The summed E-state index contributed by atoms with van der Waals surface area (Å²) in [5, 5.41) is 4.46. The minimum atomic E-state index is -0.0797. The molecule has 1 N–H and O–H groups in total. The minimum absolute atomic E-state index is 0.0142. The molecule has 0 bridgehead atoms. The van der Waals surface area contributed by atoms with E-state index in [-0.39, 0.29) is 18.0 Å². The number of aromatic nitrogens is 1. The van der Waals surface area contributed by atoms with Crippen molar-refractivity contribution < 1.29 is 9.53 Å². The molecule has 0 saturated carbocycles. The van der Waals surface area contributed by atoms with Crippen LogP contribution in [0.25, 0.3) is 5.00 Å². The third kappa shape index (κ3) is 3.51. The number of hydrogen-bond acceptors (Lipinski definition) is 3. The minimum Gasteiger partial charge on any atom is -0.495 e. The van der Waals surface area contributed by atoms with Gasteiger partial charge in [0.1, 0.15) is 10.8 Å². The number of fused-ring (bicyclic) bond motifs is 5. The van der Waals surface area contributed by atoms with E-state index in [1.54, 1.807) is 7.11 Å². The third-order valence-corrected chi connectivity index (χ3v) is 8.05. The predicted molar refractivity (Wildman–Crippen MR) is 130 cm³/mol. The lowest BCUT2D eigenvalue weighted by Crippen LogP contribution is -2.39. The summed E-state index contributed by atoms with van der Waals surface area (Å²) in [6, 6.07) is 10.1. The molecule has 2 aromatic heterocycles. The molecule has 0 radical (unpaired) electrons. The van der Waals surface area contributed by atoms with Crippen LogP contribution in [0.1, 0.15) is 60.0 Å². The molecule has 1 aromatic carbocycles. The van der Waals surface area contributed by atoms with Crippen LogP contribution in [-0.4, -0.2) is 22.6 Å². The Labute approximate surface area is 194 Å². The largest absolute Gasteiger partial charge is 0.495 e. The van der Waals surface area contributed by atoms with Crippen molar-refractivity contribution in [2.75, 3.05) is 12.4 Å². The highest BCUT2D eigenvalue weighted by Crippen LogP contribution is 2.44. The Bertz CT molecular complexity index is 1160. The maximum atomic E-state index is 13.8. The molecule has 1 atom stereocenters. The fourth-order valence-corrected chi connectivity index (χ4v) is 6.63. The number of rotatable bonds is 3. The molecule has 1 unspecified atom stereocenters. The van der Waals surface area contributed by atoms with Crippen LogP contribution in [0.3, 0.4) is 0 Å². The second-order valence-electron chi connectivity index (χ2n) is 9.25. The summed E-state index contributed by atoms with van der Waals surface area (Å²) in [5.74, 6) is 0.954. The Morgan fingerprint density at radius 3 is 2.78 bits per heavy atom. The van der Waals surface area contributed by atoms with Crippen LogP contribution >= 0.6 is 11.3 Å². The van der Waals surface area contributed by atoms with Crippen molar-refractivity contribution in [3.8, 4) is 10.8 Å². The maximum Gasteiger partial charge on any atom is 0.322 e. The van der Waals surface area contributed by atoms with Gasteiger partial charge in [0.15, 0.2) is 0 Å². The summed E-state index contributed by atoms with van der Waals surface area (Å²) in [6.07, 6.45) is 6.93. The van der Waals surface area contributed by atoms with Crippen LogP contribution < -0.4 is 10.1 Å². The summed E-state index contributed by atoms with van der Waals surface area (Å²) in [4.78, 5) is 17.3. The quantitative estimate of drug-likeness (QED) is 0.497. The summed E-state index contributed by atoms with van der Waals surface area (Å²) < 4.78 is 7.85. The molecule has 32 heavy (non-hydrogen) atoms. The number of carbonyl (C=O) groups excluding carboxylic acids is 1. The molecule has 1 aliphatic carbocycles. The van der Waals surface area contributed by atoms with Crippen LogP contribution in [0.15, 0.2) is 36.5 Å². The van der Waals surface area contributed by atoms with Crippen molar-refractivity contribution in [2.45, 2.75) is 59.0 Å². The number of nitrogens with one attached hydrogen (secondary N) is 1. The normalized spacial score (nSPS) is 17.4. The molecule has 6 heteroatoms. The molecule has 1 aliphatic heterocycles. The zero-order valence-corrected chi connectivity index (χ0v) is 20.1. The van der Waals surface area contributed by atoms with Gasteiger partial charge in [-0.05, 0) is 73.9 Å². The van der Waals surface area contributed by atoms with Gasteiger partial charge in [-0.1, -0.05) is 19.9 Å². The first-order valence-corrected chi connectivity index (χ1v) is 12.3. The first kappa shape index (κ1) is 21.1. The number of carbonyl (C=O) groups is 1. The van der Waals surface area contributed by atoms with Crippen molar-refractivity contribution in [3.05, 3.63) is 63.8 Å². The maximum absolute atomic E-state index is 13.8. The number of benzene rings is 1. The molecule has 2 amide bonds. The van der Waals surface area contributed by atoms with E-state index in [0.717, 1.165) is 18.4 Å². The Morgan fingerprint density at radius 2 is 2.00 bits per heavy atom. The van der Waals surface area contributed by atoms with Crippen molar-refractivity contribution in [1.82, 2.24) is 9.47 Å². The van der Waals surface area contributed by atoms with Gasteiger partial charge in [-0.2, -0.15) is 0 Å². The molecule has 5 nitrogen and oxygen atoms in total. The van der Waals surface area contributed by atoms with E-state index in [2.05, 4.69) is 42.1 Å². The Balaban J connectivity index is 1.59. The molecule has 0 fully saturated rings. The van der Waals surface area contributed by atoms with E-state index in [1.807, 2.05) is 41.4 Å². The van der Waals surface area contributed by atoms with Crippen LogP contribution in [0.2, 0.25) is 0 Å². The number of amides is 2. The smallest absolute Gasteiger partial charge is 0.322 e. The van der Waals surface area contributed by atoms with E-state index < -0.39 is 0 Å². The van der Waals surface area contributed by atoms with Gasteiger partial charge < -0.3 is 19.5 Å². The lowest BCUT2D eigenvalue weighted by molar-refractivity contribution is 0.161. The standard InChI is InChI=1S/C26H31N3O2S/c1-16(2)24-21-9-7-13-28(21)25-19(18-8-5-6-10-23(18)32-25)15-29(24)26(30)27-20-14-17(3)11-12-22(20)31-4/h7,9,11-14,16,24H,5-6,8,10,15H2,1-4H3,(H,27,30). The second kappa shape index (κ2) is 8.32. The Morgan fingerprint density at radius 1 is 1.19 bits per heavy atom. The van der Waals surface area contributed by atoms with E-state index in [4.69, 9.17) is 4.74 Å². The number of aryl methyl sites for hydroxylation is 2. The third-order valence-electron chi connectivity index (χ3n) is 6.71. The van der Waals surface area contributed by atoms with E-state index >= 15 is 0 Å². The van der Waals surface area contributed by atoms with Gasteiger partial charge in [-0.25, -0.2) is 4.79 Å². The average molecular weight is 450 g/mol. The van der Waals surface area contributed by atoms with E-state index in [1.165, 1.54) is 39.5 Å². The van der Waals surface area contributed by atoms with Gasteiger partial charge >= 0.3 is 6.03 Å². The van der Waals surface area contributed by atoms with E-state index in [0.29, 0.717) is 18.0 Å². The first-order chi connectivity index (χ1) is 15.5. The van der Waals surface area contributed by atoms with Crippen LogP contribution in [0.4, 0.5) is 10.5 Å². The van der Waals surface area contributed by atoms with Crippen molar-refractivity contribution in [3.63, 3.8) is 0 Å². The molecular formula is C26H31N3O2S. The molecule has 0 saturated heterocycles. The molecule has 3 aromatic rings. The molecular weight excluding hydrogens is 418 g/mol. The number of urea groups is 1. The topological polar surface area (TPSA) is 46.5 Å². The summed E-state index contributed by atoms with van der Waals surface area (Å²) in [6.45, 7) is 7.05. The van der Waals surface area contributed by atoms with Crippen LogP contribution in [0.5, 0.6) is 5.75 Å². The number of hydrogen-bond donors (Lipinski definition) is 1. The fourth-order valence-electron chi connectivity index (χ4n) is 5.23. The summed E-state index contributed by atoms with van der Waals surface area (Å²) in [5.41, 5.74) is 5.79. The highest BCUT2D eigenvalue weighted by molar-refractivity contribution is 7.15. The van der Waals surface area contributed by atoms with Gasteiger partial charge in [0.2, 0.25) is 0 Å². The summed E-state index contributed by atoms with van der Waals surface area (Å²) >= 11 is 1.92. The number of ether oxygens (including phenoxy) is 1. The zero-order valence-electron chi connectivity index (χ0n) is 19.3. The Hall–Kier alpha value is -2.73. The highest BCUT2D eigenvalue weighted by atomic mass is 32.1. The molecule has 2 aliphatic rings. The van der Waals surface area contributed by atoms with Crippen LogP contribution in [0, 0.1) is 12.8 Å². The lowest BCUT2D eigenvalue weighted by Gasteiger charge is -2.33. The monoisotopic (exact) mass is 449 g/mol. The highest BCUT2D eigenvalue weighted by Gasteiger charge is 2.36. The van der Waals surface area contributed by atoms with E-state index in [9.17, 15) is 4.79 Å². The number of nitrogens with zero attached hydrogens (tertiary/aromatic N) is 2. The number of methoxy groups -OCH3 is 1. The van der Waals surface area contributed by atoms with Gasteiger partial charge in [0.25, 0.3) is 0 Å². The number of anilines is 1. The number of thiophene rings is 1. The molecule has 168 valence electrons. The first-order valence-electron chi connectivity index (χ1n) is 11.5. The van der Waals surface area contributed by atoms with Crippen LogP contribution in [-0.2, 0) is 19.4 Å². The van der Waals surface area contributed by atoms with Gasteiger partial charge in [0, 0.05) is 22.3 Å². The van der Waals surface area contributed by atoms with Gasteiger partial charge in [-0.15, -0.1) is 11.3 Å². The molecule has 5 rings (SSSR count). The lowest BCUT2D eigenvalue weighted by atomic mass is 9.94. The fraction of sp³-hybridized carbons (Fsp3) is 0.423. The van der Waals surface area contributed by atoms with Crippen molar-refractivity contribution >= 4 is 23.1 Å². The molecule has 3 heterocycles. The summed E-state index contributed by atoms with van der Waals surface area (Å²) in [7, 11) is 1.64. The predicted octanol–water partition coefficient (Wildman–Crippen LogP) is 6.48. The SMILES string of the molecule is COc1ccc(C)cc1NC(=O)N1Cc2c(sc3c2CCCC3)-n2cccc2C1C(C)C. The molecule has 0 spiro atoms. The van der Waals surface area contributed by atoms with Gasteiger partial charge in [0.05, 0.1) is 25.4 Å². The Kier molecular flexibility index (Phi) is 5.49.